The van der Waals surface area contributed by atoms with Crippen LogP contribution < -0.4 is 5.32 Å². The zero-order valence-electron chi connectivity index (χ0n) is 8.92. The lowest BCUT2D eigenvalue weighted by Gasteiger charge is -2.24. The molecule has 1 aromatic carbocycles. The van der Waals surface area contributed by atoms with Gasteiger partial charge in [0, 0.05) is 15.4 Å². The van der Waals surface area contributed by atoms with Crippen molar-refractivity contribution < 1.29 is 0 Å². The molecule has 1 unspecified atom stereocenters. The molecule has 0 aliphatic carbocycles. The van der Waals surface area contributed by atoms with Gasteiger partial charge in [0.25, 0.3) is 0 Å². The maximum absolute atomic E-state index is 3.58. The molecule has 0 amide bonds. The monoisotopic (exact) mass is 285 g/mol. The number of benzene rings is 1. The topological polar surface area (TPSA) is 12.0 Å². The first-order chi connectivity index (χ1) is 7.29. The van der Waals surface area contributed by atoms with Crippen LogP contribution in [-0.4, -0.2) is 12.8 Å². The van der Waals surface area contributed by atoms with Gasteiger partial charge in [-0.25, -0.2) is 0 Å². The summed E-state index contributed by atoms with van der Waals surface area (Å²) in [7, 11) is 0. The lowest BCUT2D eigenvalue weighted by Crippen LogP contribution is -2.26. The molecule has 1 atom stereocenters. The molecule has 1 nitrogen and oxygen atoms in total. The predicted molar refractivity (Wildman–Crippen MR) is 70.5 cm³/mol. The Balaban J connectivity index is 2.22. The maximum Gasteiger partial charge on any atom is 0.0321 e. The molecule has 0 saturated carbocycles. The Labute approximate surface area is 104 Å². The molecule has 0 radical (unpaired) electrons. The van der Waals surface area contributed by atoms with Crippen molar-refractivity contribution in [2.75, 3.05) is 12.8 Å². The number of thioether (sulfide) groups is 1. The standard InChI is InChI=1S/C12H16BrNS/c1-15-11-7-9(6-10(13)8-11)12-4-2-3-5-14-12/h6-8,12,14H,2-5H2,1H3. The minimum absolute atomic E-state index is 0.558. The lowest BCUT2D eigenvalue weighted by molar-refractivity contribution is 0.412. The number of rotatable bonds is 2. The van der Waals surface area contributed by atoms with Crippen molar-refractivity contribution in [3.05, 3.63) is 28.2 Å². The zero-order chi connectivity index (χ0) is 10.7. The molecule has 1 aliphatic heterocycles. The van der Waals surface area contributed by atoms with Crippen molar-refractivity contribution in [2.24, 2.45) is 0 Å². The van der Waals surface area contributed by atoms with Crippen LogP contribution in [0.5, 0.6) is 0 Å². The molecular weight excluding hydrogens is 270 g/mol. The zero-order valence-corrected chi connectivity index (χ0v) is 11.3. The Bertz CT molecular complexity index is 334. The van der Waals surface area contributed by atoms with E-state index in [1.807, 2.05) is 0 Å². The van der Waals surface area contributed by atoms with Gasteiger partial charge >= 0.3 is 0 Å². The third-order valence-electron chi connectivity index (χ3n) is 2.84. The van der Waals surface area contributed by atoms with Crippen LogP contribution in [0.4, 0.5) is 0 Å². The molecule has 3 heteroatoms. The average molecular weight is 286 g/mol. The fourth-order valence-electron chi connectivity index (χ4n) is 2.04. The number of hydrogen-bond donors (Lipinski definition) is 1. The van der Waals surface area contributed by atoms with E-state index in [0.29, 0.717) is 6.04 Å². The number of hydrogen-bond acceptors (Lipinski definition) is 2. The van der Waals surface area contributed by atoms with E-state index in [4.69, 9.17) is 0 Å². The van der Waals surface area contributed by atoms with Gasteiger partial charge in [-0.3, -0.25) is 0 Å². The van der Waals surface area contributed by atoms with Gasteiger partial charge in [-0.2, -0.15) is 0 Å². The third-order valence-corrected chi connectivity index (χ3v) is 4.01. The van der Waals surface area contributed by atoms with E-state index in [-0.39, 0.29) is 0 Å². The van der Waals surface area contributed by atoms with Crippen LogP contribution in [0.2, 0.25) is 0 Å². The Kier molecular flexibility index (Phi) is 4.12. The molecule has 15 heavy (non-hydrogen) atoms. The summed E-state index contributed by atoms with van der Waals surface area (Å²) in [5.74, 6) is 0. The molecule has 2 rings (SSSR count). The van der Waals surface area contributed by atoms with E-state index in [1.165, 1.54) is 34.2 Å². The molecule has 1 aliphatic rings. The van der Waals surface area contributed by atoms with Crippen LogP contribution in [0.15, 0.2) is 27.6 Å². The van der Waals surface area contributed by atoms with Gasteiger partial charge < -0.3 is 5.32 Å². The predicted octanol–water partition coefficient (Wildman–Crippen LogP) is 3.99. The fourth-order valence-corrected chi connectivity index (χ4v) is 3.20. The van der Waals surface area contributed by atoms with Crippen LogP contribution in [0, 0.1) is 0 Å². The summed E-state index contributed by atoms with van der Waals surface area (Å²) in [6, 6.07) is 7.28. The molecule has 0 bridgehead atoms. The Hall–Kier alpha value is 0.01000. The van der Waals surface area contributed by atoms with Crippen molar-refractivity contribution in [1.82, 2.24) is 5.32 Å². The molecule has 1 saturated heterocycles. The molecule has 0 spiro atoms. The van der Waals surface area contributed by atoms with Gasteiger partial charge in [0.15, 0.2) is 0 Å². The van der Waals surface area contributed by atoms with Crippen molar-refractivity contribution in [1.29, 1.82) is 0 Å². The van der Waals surface area contributed by atoms with Gasteiger partial charge in [-0.1, -0.05) is 22.4 Å². The first kappa shape index (κ1) is 11.5. The van der Waals surface area contributed by atoms with Crippen LogP contribution in [0.25, 0.3) is 0 Å². The normalized spacial score (nSPS) is 21.6. The van der Waals surface area contributed by atoms with E-state index in [0.717, 1.165) is 6.54 Å². The van der Waals surface area contributed by atoms with E-state index in [1.54, 1.807) is 11.8 Å². The van der Waals surface area contributed by atoms with Gasteiger partial charge in [0.1, 0.15) is 0 Å². The highest BCUT2D eigenvalue weighted by molar-refractivity contribution is 9.10. The van der Waals surface area contributed by atoms with E-state index in [9.17, 15) is 0 Å². The Morgan fingerprint density at radius 1 is 1.33 bits per heavy atom. The maximum atomic E-state index is 3.58. The van der Waals surface area contributed by atoms with Crippen molar-refractivity contribution in [3.8, 4) is 0 Å². The van der Waals surface area contributed by atoms with Gasteiger partial charge in [-0.15, -0.1) is 11.8 Å². The highest BCUT2D eigenvalue weighted by Gasteiger charge is 2.15. The van der Waals surface area contributed by atoms with E-state index < -0.39 is 0 Å². The minimum Gasteiger partial charge on any atom is -0.310 e. The van der Waals surface area contributed by atoms with Crippen molar-refractivity contribution >= 4 is 27.7 Å². The second-order valence-electron chi connectivity index (χ2n) is 3.93. The highest BCUT2D eigenvalue weighted by atomic mass is 79.9. The van der Waals surface area contributed by atoms with Crippen molar-refractivity contribution in [3.63, 3.8) is 0 Å². The second kappa shape index (κ2) is 5.37. The first-order valence-electron chi connectivity index (χ1n) is 5.37. The summed E-state index contributed by atoms with van der Waals surface area (Å²) in [6.07, 6.45) is 6.06. The second-order valence-corrected chi connectivity index (χ2v) is 5.72. The fraction of sp³-hybridized carbons (Fsp3) is 0.500. The van der Waals surface area contributed by atoms with Crippen LogP contribution in [0.3, 0.4) is 0 Å². The van der Waals surface area contributed by atoms with Gasteiger partial charge in [0.2, 0.25) is 0 Å². The van der Waals surface area contributed by atoms with E-state index >= 15 is 0 Å². The average Bonchev–Trinajstić information content (AvgIpc) is 2.29. The summed E-state index contributed by atoms with van der Waals surface area (Å²) in [5.41, 5.74) is 1.42. The molecule has 1 N–H and O–H groups in total. The summed E-state index contributed by atoms with van der Waals surface area (Å²) < 4.78 is 1.19. The third kappa shape index (κ3) is 2.99. The van der Waals surface area contributed by atoms with E-state index in [2.05, 4.69) is 45.7 Å². The number of piperidine rings is 1. The largest absolute Gasteiger partial charge is 0.310 e. The Morgan fingerprint density at radius 2 is 2.20 bits per heavy atom. The first-order valence-corrected chi connectivity index (χ1v) is 7.39. The summed E-state index contributed by atoms with van der Waals surface area (Å²) in [5, 5.41) is 3.58. The Morgan fingerprint density at radius 3 is 2.87 bits per heavy atom. The molecule has 1 heterocycles. The van der Waals surface area contributed by atoms with Crippen molar-refractivity contribution in [2.45, 2.75) is 30.2 Å². The van der Waals surface area contributed by atoms with Gasteiger partial charge in [0.05, 0.1) is 0 Å². The molecule has 1 fully saturated rings. The molecule has 1 aromatic rings. The lowest BCUT2D eigenvalue weighted by atomic mass is 9.98. The molecule has 82 valence electrons. The summed E-state index contributed by atoms with van der Waals surface area (Å²) in [6.45, 7) is 1.16. The summed E-state index contributed by atoms with van der Waals surface area (Å²) >= 11 is 5.38. The highest BCUT2D eigenvalue weighted by Crippen LogP contribution is 2.29. The quantitative estimate of drug-likeness (QED) is 0.825. The smallest absolute Gasteiger partial charge is 0.0321 e. The molecule has 0 aromatic heterocycles. The molecular formula is C12H16BrNS. The van der Waals surface area contributed by atoms with Gasteiger partial charge in [-0.05, 0) is 49.4 Å². The summed E-state index contributed by atoms with van der Waals surface area (Å²) in [4.78, 5) is 1.34. The van der Waals surface area contributed by atoms with Crippen LogP contribution in [-0.2, 0) is 0 Å². The number of nitrogens with one attached hydrogen (secondary N) is 1. The van der Waals surface area contributed by atoms with Crippen LogP contribution >= 0.6 is 27.7 Å². The number of halogens is 1. The minimum atomic E-state index is 0.558. The van der Waals surface area contributed by atoms with Crippen LogP contribution in [0.1, 0.15) is 30.9 Å². The SMILES string of the molecule is CSc1cc(Br)cc(C2CCCCN2)c1.